The van der Waals surface area contributed by atoms with Gasteiger partial charge in [0.15, 0.2) is 0 Å². The van der Waals surface area contributed by atoms with E-state index in [1.54, 1.807) is 0 Å². The molecule has 0 amide bonds. The van der Waals surface area contributed by atoms with Crippen molar-refractivity contribution in [3.05, 3.63) is 0 Å². The number of hydrogen-bond acceptors (Lipinski definition) is 1. The minimum absolute atomic E-state index is 0.935. The van der Waals surface area contributed by atoms with Crippen molar-refractivity contribution in [1.82, 2.24) is 4.90 Å². The summed E-state index contributed by atoms with van der Waals surface area (Å²) in [6.45, 7) is 7.39. The molecule has 2 aliphatic heterocycles. The summed E-state index contributed by atoms with van der Waals surface area (Å²) in [4.78, 5) is 2.68. The van der Waals surface area contributed by atoms with Gasteiger partial charge in [0.2, 0.25) is 0 Å². The highest BCUT2D eigenvalue weighted by molar-refractivity contribution is 4.91. The van der Waals surface area contributed by atoms with Crippen molar-refractivity contribution in [2.24, 2.45) is 11.8 Å². The van der Waals surface area contributed by atoms with Crippen LogP contribution in [0, 0.1) is 11.8 Å². The molecular formula is C10H19N. The van der Waals surface area contributed by atoms with Gasteiger partial charge in [0.25, 0.3) is 0 Å². The first-order valence-electron chi connectivity index (χ1n) is 5.05. The van der Waals surface area contributed by atoms with Gasteiger partial charge in [0.05, 0.1) is 0 Å². The third-order valence-electron chi connectivity index (χ3n) is 3.60. The number of rotatable bonds is 1. The maximum atomic E-state index is 2.68. The van der Waals surface area contributed by atoms with Crippen molar-refractivity contribution < 1.29 is 0 Å². The summed E-state index contributed by atoms with van der Waals surface area (Å²) in [5, 5.41) is 0. The average molecular weight is 153 g/mol. The number of hydrogen-bond donors (Lipinski definition) is 0. The van der Waals surface area contributed by atoms with Crippen LogP contribution in [0.3, 0.4) is 0 Å². The van der Waals surface area contributed by atoms with E-state index in [0.717, 1.165) is 17.9 Å². The molecule has 0 aromatic rings. The minimum atomic E-state index is 0.935. The van der Waals surface area contributed by atoms with Gasteiger partial charge in [-0.05, 0) is 37.6 Å². The lowest BCUT2D eigenvalue weighted by molar-refractivity contribution is 0.0122. The highest BCUT2D eigenvalue weighted by Crippen LogP contribution is 2.38. The van der Waals surface area contributed by atoms with E-state index in [-0.39, 0.29) is 0 Å². The van der Waals surface area contributed by atoms with E-state index in [2.05, 4.69) is 18.7 Å². The Hall–Kier alpha value is -0.0400. The topological polar surface area (TPSA) is 3.24 Å². The molecule has 1 saturated carbocycles. The predicted octanol–water partition coefficient (Wildman–Crippen LogP) is 2.13. The second kappa shape index (κ2) is 2.78. The third-order valence-corrected chi connectivity index (χ3v) is 3.60. The van der Waals surface area contributed by atoms with Crippen LogP contribution in [0.2, 0.25) is 0 Å². The fraction of sp³-hybridized carbons (Fsp3) is 1.00. The smallest absolute Gasteiger partial charge is 0.0121 e. The largest absolute Gasteiger partial charge is 0.300 e. The summed E-state index contributed by atoms with van der Waals surface area (Å²) in [5.74, 6) is 2.01. The van der Waals surface area contributed by atoms with Crippen LogP contribution in [0.15, 0.2) is 0 Å². The summed E-state index contributed by atoms with van der Waals surface area (Å²) in [6.07, 6.45) is 4.48. The minimum Gasteiger partial charge on any atom is -0.300 e. The zero-order chi connectivity index (χ0) is 7.84. The average Bonchev–Trinajstić information content (AvgIpc) is 2.04. The zero-order valence-corrected chi connectivity index (χ0v) is 7.71. The Morgan fingerprint density at radius 2 is 2.18 bits per heavy atom. The van der Waals surface area contributed by atoms with Gasteiger partial charge in [0.1, 0.15) is 0 Å². The lowest BCUT2D eigenvalue weighted by atomic mass is 9.74. The van der Waals surface area contributed by atoms with Gasteiger partial charge in [-0.2, -0.15) is 0 Å². The summed E-state index contributed by atoms with van der Waals surface area (Å²) in [6, 6.07) is 0.935. The van der Waals surface area contributed by atoms with E-state index in [9.17, 15) is 0 Å². The fourth-order valence-electron chi connectivity index (χ4n) is 3.03. The van der Waals surface area contributed by atoms with Crippen LogP contribution in [0.1, 0.15) is 33.1 Å². The summed E-state index contributed by atoms with van der Waals surface area (Å²) < 4.78 is 0. The van der Waals surface area contributed by atoms with Crippen molar-refractivity contribution in [2.75, 3.05) is 13.1 Å². The van der Waals surface area contributed by atoms with Crippen LogP contribution in [0.25, 0.3) is 0 Å². The van der Waals surface area contributed by atoms with Crippen LogP contribution >= 0.6 is 0 Å². The maximum Gasteiger partial charge on any atom is 0.0121 e. The fourth-order valence-corrected chi connectivity index (χ4v) is 3.03. The Morgan fingerprint density at radius 3 is 2.64 bits per heavy atom. The molecule has 2 bridgehead atoms. The molecule has 1 aliphatic carbocycles. The van der Waals surface area contributed by atoms with Crippen molar-refractivity contribution in [3.63, 3.8) is 0 Å². The molecule has 0 radical (unpaired) electrons. The van der Waals surface area contributed by atoms with Gasteiger partial charge >= 0.3 is 0 Å². The molecule has 0 aromatic carbocycles. The molecule has 3 aliphatic rings. The molecule has 64 valence electrons. The van der Waals surface area contributed by atoms with Gasteiger partial charge < -0.3 is 4.90 Å². The first-order chi connectivity index (χ1) is 5.31. The molecule has 1 nitrogen and oxygen atoms in total. The van der Waals surface area contributed by atoms with Gasteiger partial charge in [-0.15, -0.1) is 0 Å². The standard InChI is InChI=1S/C10H19N/c1-3-11-7-9-4-5-10(11)8(2)6-9/h8-10H,3-7H2,1-2H3. The number of fused-ring (bicyclic) bond motifs is 3. The molecule has 3 unspecified atom stereocenters. The van der Waals surface area contributed by atoms with Gasteiger partial charge in [-0.1, -0.05) is 13.8 Å². The molecule has 3 atom stereocenters. The normalized spacial score (nSPS) is 44.7. The van der Waals surface area contributed by atoms with Crippen molar-refractivity contribution in [3.8, 4) is 0 Å². The molecule has 2 saturated heterocycles. The molecular weight excluding hydrogens is 134 g/mol. The quantitative estimate of drug-likeness (QED) is 0.558. The molecule has 2 heterocycles. The van der Waals surface area contributed by atoms with E-state index < -0.39 is 0 Å². The molecule has 3 rings (SSSR count). The summed E-state index contributed by atoms with van der Waals surface area (Å²) in [5.41, 5.74) is 0. The maximum absolute atomic E-state index is 2.68. The Labute approximate surface area is 69.8 Å². The number of piperidine rings is 2. The molecule has 0 N–H and O–H groups in total. The molecule has 0 spiro atoms. The van der Waals surface area contributed by atoms with E-state index in [0.29, 0.717) is 0 Å². The van der Waals surface area contributed by atoms with Gasteiger partial charge in [-0.25, -0.2) is 0 Å². The summed E-state index contributed by atoms with van der Waals surface area (Å²) >= 11 is 0. The van der Waals surface area contributed by atoms with E-state index >= 15 is 0 Å². The Morgan fingerprint density at radius 1 is 1.36 bits per heavy atom. The Kier molecular flexibility index (Phi) is 1.92. The highest BCUT2D eigenvalue weighted by Gasteiger charge is 2.37. The first kappa shape index (κ1) is 7.60. The van der Waals surface area contributed by atoms with Crippen molar-refractivity contribution in [2.45, 2.75) is 39.2 Å². The number of nitrogens with zero attached hydrogens (tertiary/aromatic N) is 1. The molecule has 11 heavy (non-hydrogen) atoms. The lowest BCUT2D eigenvalue weighted by Gasteiger charge is -2.48. The van der Waals surface area contributed by atoms with E-state index in [1.807, 2.05) is 0 Å². The second-order valence-corrected chi connectivity index (χ2v) is 4.31. The van der Waals surface area contributed by atoms with Gasteiger partial charge in [-0.3, -0.25) is 0 Å². The molecule has 1 heteroatoms. The van der Waals surface area contributed by atoms with Crippen LogP contribution in [-0.2, 0) is 0 Å². The van der Waals surface area contributed by atoms with Gasteiger partial charge in [0, 0.05) is 12.6 Å². The predicted molar refractivity (Wildman–Crippen MR) is 47.5 cm³/mol. The van der Waals surface area contributed by atoms with Crippen molar-refractivity contribution in [1.29, 1.82) is 0 Å². The van der Waals surface area contributed by atoms with Crippen LogP contribution in [0.5, 0.6) is 0 Å². The first-order valence-corrected chi connectivity index (χ1v) is 5.05. The SMILES string of the molecule is CCN1CC2CCC1C(C)C2. The monoisotopic (exact) mass is 153 g/mol. The highest BCUT2D eigenvalue weighted by atomic mass is 15.2. The van der Waals surface area contributed by atoms with Crippen LogP contribution in [-0.4, -0.2) is 24.0 Å². The Balaban J connectivity index is 2.07. The van der Waals surface area contributed by atoms with Crippen molar-refractivity contribution >= 4 is 0 Å². The van der Waals surface area contributed by atoms with Crippen LogP contribution in [0.4, 0.5) is 0 Å². The van der Waals surface area contributed by atoms with E-state index in [1.165, 1.54) is 32.4 Å². The lowest BCUT2D eigenvalue weighted by Crippen LogP contribution is -2.51. The third kappa shape index (κ3) is 1.20. The zero-order valence-electron chi connectivity index (χ0n) is 7.71. The molecule has 0 aromatic heterocycles. The van der Waals surface area contributed by atoms with E-state index in [4.69, 9.17) is 0 Å². The second-order valence-electron chi connectivity index (χ2n) is 4.31. The van der Waals surface area contributed by atoms with Crippen LogP contribution < -0.4 is 0 Å². The Bertz CT molecular complexity index is 144. The summed E-state index contributed by atoms with van der Waals surface area (Å²) in [7, 11) is 0. The molecule has 3 fully saturated rings.